The molecule has 0 amide bonds. The minimum Gasteiger partial charge on any atom is -0.394 e. The van der Waals surface area contributed by atoms with Crippen molar-refractivity contribution in [2.45, 2.75) is 51.1 Å². The van der Waals surface area contributed by atoms with E-state index in [1.807, 2.05) is 0 Å². The summed E-state index contributed by atoms with van der Waals surface area (Å²) in [5.41, 5.74) is 0. The summed E-state index contributed by atoms with van der Waals surface area (Å²) in [6.45, 7) is 12.3. The predicted molar refractivity (Wildman–Crippen MR) is 115 cm³/mol. The SMILES string of the molecule is C[Si](C)(CCCOCCO)c1ccc([Si](C)(C)CCCOCCO)cc1. The summed E-state index contributed by atoms with van der Waals surface area (Å²) in [7, 11) is -2.87. The molecule has 0 saturated carbocycles. The maximum absolute atomic E-state index is 8.76. The molecule has 0 spiro atoms. The number of aliphatic hydroxyl groups excluding tert-OH is 2. The molecule has 4 nitrogen and oxygen atoms in total. The molecule has 0 aliphatic carbocycles. The van der Waals surface area contributed by atoms with Crippen LogP contribution in [0.15, 0.2) is 24.3 Å². The van der Waals surface area contributed by atoms with Gasteiger partial charge in [-0.2, -0.15) is 0 Å². The zero-order valence-corrected chi connectivity index (χ0v) is 19.1. The van der Waals surface area contributed by atoms with Crippen molar-refractivity contribution in [3.63, 3.8) is 0 Å². The Morgan fingerprint density at radius 1 is 0.654 bits per heavy atom. The van der Waals surface area contributed by atoms with Crippen LogP contribution in [0.3, 0.4) is 0 Å². The Hall–Kier alpha value is -0.506. The molecule has 1 aromatic carbocycles. The fourth-order valence-corrected chi connectivity index (χ4v) is 8.00. The number of ether oxygens (including phenoxy) is 2. The molecule has 0 heterocycles. The average molecular weight is 399 g/mol. The summed E-state index contributed by atoms with van der Waals surface area (Å²) >= 11 is 0. The molecule has 0 radical (unpaired) electrons. The van der Waals surface area contributed by atoms with Crippen molar-refractivity contribution in [2.75, 3.05) is 39.6 Å². The molecule has 26 heavy (non-hydrogen) atoms. The lowest BCUT2D eigenvalue weighted by atomic mass is 10.4. The summed E-state index contributed by atoms with van der Waals surface area (Å²) in [5.74, 6) is 0. The van der Waals surface area contributed by atoms with E-state index in [1.54, 1.807) is 0 Å². The zero-order chi connectivity index (χ0) is 19.5. The van der Waals surface area contributed by atoms with Crippen LogP contribution >= 0.6 is 0 Å². The Balaban J connectivity index is 2.54. The summed E-state index contributed by atoms with van der Waals surface area (Å²) in [4.78, 5) is 0. The summed E-state index contributed by atoms with van der Waals surface area (Å²) in [6.07, 6.45) is 2.13. The van der Waals surface area contributed by atoms with Gasteiger partial charge < -0.3 is 19.7 Å². The molecule has 0 bridgehead atoms. The third-order valence-electron chi connectivity index (χ3n) is 5.10. The largest absolute Gasteiger partial charge is 0.394 e. The van der Waals surface area contributed by atoms with Gasteiger partial charge in [-0.05, 0) is 12.8 Å². The first-order valence-corrected chi connectivity index (χ1v) is 16.2. The number of hydrogen-bond donors (Lipinski definition) is 2. The van der Waals surface area contributed by atoms with Gasteiger partial charge in [-0.1, -0.05) is 72.9 Å². The van der Waals surface area contributed by atoms with E-state index in [2.05, 4.69) is 50.5 Å². The summed E-state index contributed by atoms with van der Waals surface area (Å²) < 4.78 is 10.8. The van der Waals surface area contributed by atoms with Crippen LogP contribution in [-0.4, -0.2) is 66.0 Å². The molecule has 6 heteroatoms. The van der Waals surface area contributed by atoms with Gasteiger partial charge in [0, 0.05) is 13.2 Å². The Labute approximate surface area is 161 Å². The number of rotatable bonds is 14. The van der Waals surface area contributed by atoms with Crippen LogP contribution in [0.4, 0.5) is 0 Å². The molecule has 150 valence electrons. The Kier molecular flexibility index (Phi) is 10.9. The molecule has 0 aromatic heterocycles. The normalized spacial score (nSPS) is 12.5. The number of aliphatic hydroxyl groups is 2. The molecule has 1 rings (SSSR count). The molecule has 0 unspecified atom stereocenters. The Bertz CT molecular complexity index is 444. The summed E-state index contributed by atoms with van der Waals surface area (Å²) in [6, 6.07) is 11.8. The highest BCUT2D eigenvalue weighted by molar-refractivity contribution is 6.91. The Morgan fingerprint density at radius 3 is 1.31 bits per heavy atom. The van der Waals surface area contributed by atoms with Gasteiger partial charge in [0.25, 0.3) is 0 Å². The molecule has 0 saturated heterocycles. The molecule has 0 atom stereocenters. The topological polar surface area (TPSA) is 58.9 Å². The maximum atomic E-state index is 8.76. The first-order chi connectivity index (χ1) is 12.3. The van der Waals surface area contributed by atoms with Crippen LogP contribution in [0.1, 0.15) is 12.8 Å². The van der Waals surface area contributed by atoms with Crippen molar-refractivity contribution in [1.29, 1.82) is 0 Å². The fourth-order valence-electron chi connectivity index (χ4n) is 3.23. The van der Waals surface area contributed by atoms with Crippen molar-refractivity contribution in [1.82, 2.24) is 0 Å². The smallest absolute Gasteiger partial charge is 0.0807 e. The van der Waals surface area contributed by atoms with Crippen LogP contribution < -0.4 is 10.4 Å². The van der Waals surface area contributed by atoms with Crippen molar-refractivity contribution in [3.8, 4) is 0 Å². The first kappa shape index (κ1) is 23.5. The van der Waals surface area contributed by atoms with Gasteiger partial charge in [0.15, 0.2) is 0 Å². The standard InChI is InChI=1S/C20H38O4Si2/c1-25(2,17-5-13-23-15-11-21)19-7-9-20(10-8-19)26(3,4)18-6-14-24-16-12-22/h7-10,21-22H,5-6,11-18H2,1-4H3. The highest BCUT2D eigenvalue weighted by Gasteiger charge is 2.26. The van der Waals surface area contributed by atoms with E-state index in [-0.39, 0.29) is 13.2 Å². The van der Waals surface area contributed by atoms with Gasteiger partial charge >= 0.3 is 0 Å². The first-order valence-electron chi connectivity index (χ1n) is 9.82. The van der Waals surface area contributed by atoms with Gasteiger partial charge in [-0.15, -0.1) is 0 Å². The molecule has 0 aliphatic heterocycles. The van der Waals surface area contributed by atoms with E-state index in [9.17, 15) is 0 Å². The Morgan fingerprint density at radius 2 is 1.00 bits per heavy atom. The second-order valence-corrected chi connectivity index (χ2v) is 17.9. The van der Waals surface area contributed by atoms with Crippen LogP contribution in [0.5, 0.6) is 0 Å². The van der Waals surface area contributed by atoms with Crippen LogP contribution in [0.25, 0.3) is 0 Å². The monoisotopic (exact) mass is 398 g/mol. The van der Waals surface area contributed by atoms with Gasteiger partial charge in [0.1, 0.15) is 0 Å². The van der Waals surface area contributed by atoms with Crippen molar-refractivity contribution < 1.29 is 19.7 Å². The minimum atomic E-state index is -1.43. The number of hydrogen-bond acceptors (Lipinski definition) is 4. The lowest BCUT2D eigenvalue weighted by Gasteiger charge is -2.26. The van der Waals surface area contributed by atoms with Gasteiger partial charge in [0.2, 0.25) is 0 Å². The third kappa shape index (κ3) is 8.46. The van der Waals surface area contributed by atoms with E-state index < -0.39 is 16.1 Å². The van der Waals surface area contributed by atoms with Crippen molar-refractivity contribution in [3.05, 3.63) is 24.3 Å². The van der Waals surface area contributed by atoms with Crippen molar-refractivity contribution >= 4 is 26.5 Å². The van der Waals surface area contributed by atoms with Crippen LogP contribution in [0.2, 0.25) is 38.3 Å². The van der Waals surface area contributed by atoms with Gasteiger partial charge in [-0.3, -0.25) is 0 Å². The third-order valence-corrected chi connectivity index (χ3v) is 12.1. The van der Waals surface area contributed by atoms with Crippen LogP contribution in [-0.2, 0) is 9.47 Å². The lowest BCUT2D eigenvalue weighted by molar-refractivity contribution is 0.0927. The number of benzene rings is 1. The molecule has 0 aliphatic rings. The maximum Gasteiger partial charge on any atom is 0.0807 e. The van der Waals surface area contributed by atoms with E-state index >= 15 is 0 Å². The highest BCUT2D eigenvalue weighted by atomic mass is 28.3. The van der Waals surface area contributed by atoms with E-state index in [4.69, 9.17) is 19.7 Å². The zero-order valence-electron chi connectivity index (χ0n) is 17.1. The minimum absolute atomic E-state index is 0.107. The van der Waals surface area contributed by atoms with Crippen LogP contribution in [0, 0.1) is 0 Å². The van der Waals surface area contributed by atoms with E-state index in [0.717, 1.165) is 26.1 Å². The highest BCUT2D eigenvalue weighted by Crippen LogP contribution is 2.15. The van der Waals surface area contributed by atoms with E-state index in [0.29, 0.717) is 13.2 Å². The molecular weight excluding hydrogens is 360 g/mol. The second-order valence-electron chi connectivity index (χ2n) is 8.22. The fraction of sp³-hybridized carbons (Fsp3) is 0.700. The average Bonchev–Trinajstić information content (AvgIpc) is 2.61. The second kappa shape index (κ2) is 12.1. The quantitative estimate of drug-likeness (QED) is 0.373. The molecular formula is C20H38O4Si2. The van der Waals surface area contributed by atoms with Crippen molar-refractivity contribution in [2.24, 2.45) is 0 Å². The van der Waals surface area contributed by atoms with E-state index in [1.165, 1.54) is 22.5 Å². The van der Waals surface area contributed by atoms with Gasteiger partial charge in [0.05, 0.1) is 42.6 Å². The summed E-state index contributed by atoms with van der Waals surface area (Å²) in [5, 5.41) is 20.5. The van der Waals surface area contributed by atoms with Gasteiger partial charge in [-0.25, -0.2) is 0 Å². The molecule has 0 fully saturated rings. The predicted octanol–water partition coefficient (Wildman–Crippen LogP) is 2.32. The molecule has 1 aromatic rings. The molecule has 2 N–H and O–H groups in total. The lowest BCUT2D eigenvalue weighted by Crippen LogP contribution is -2.45.